The Kier molecular flexibility index (Phi) is 4.66. The molecule has 2 rings (SSSR count). The van der Waals surface area contributed by atoms with E-state index in [1.807, 2.05) is 19.1 Å². The second kappa shape index (κ2) is 6.65. The minimum atomic E-state index is -0.260. The molecule has 2 aromatic rings. The second-order valence-corrected chi connectivity index (χ2v) is 4.56. The van der Waals surface area contributed by atoms with Crippen molar-refractivity contribution in [2.45, 2.75) is 6.92 Å². The molecular weight excluding hydrogens is 268 g/mol. The lowest BCUT2D eigenvalue weighted by Gasteiger charge is -2.11. The summed E-state index contributed by atoms with van der Waals surface area (Å²) in [5, 5.41) is 2.74. The van der Waals surface area contributed by atoms with Gasteiger partial charge in [0, 0.05) is 11.8 Å². The Hall–Kier alpha value is -2.69. The van der Waals surface area contributed by atoms with Gasteiger partial charge in [-0.25, -0.2) is 0 Å². The first-order valence-electron chi connectivity index (χ1n) is 6.52. The Balaban J connectivity index is 1.94. The van der Waals surface area contributed by atoms with Crippen LogP contribution in [0.25, 0.3) is 0 Å². The minimum Gasteiger partial charge on any atom is -0.497 e. The van der Waals surface area contributed by atoms with E-state index < -0.39 is 0 Å². The molecule has 0 fully saturated rings. The smallest absolute Gasteiger partial charge is 0.262 e. The molecule has 2 aromatic carbocycles. The first-order chi connectivity index (χ1) is 10.1. The Bertz CT molecular complexity index is 641. The molecule has 0 aliphatic rings. The number of carbonyl (C=O) groups is 1. The van der Waals surface area contributed by atoms with Crippen LogP contribution in [0.1, 0.15) is 5.56 Å². The lowest BCUT2D eigenvalue weighted by molar-refractivity contribution is -0.118. The van der Waals surface area contributed by atoms with Gasteiger partial charge in [-0.1, -0.05) is 18.2 Å². The van der Waals surface area contributed by atoms with E-state index in [1.54, 1.807) is 37.4 Å². The van der Waals surface area contributed by atoms with Crippen LogP contribution in [0.2, 0.25) is 0 Å². The summed E-state index contributed by atoms with van der Waals surface area (Å²) in [4.78, 5) is 11.9. The molecule has 0 aliphatic heterocycles. The molecule has 0 spiro atoms. The Morgan fingerprint density at radius 3 is 2.76 bits per heavy atom. The molecule has 21 heavy (non-hydrogen) atoms. The van der Waals surface area contributed by atoms with Gasteiger partial charge in [0.15, 0.2) is 6.61 Å². The maximum Gasteiger partial charge on any atom is 0.262 e. The van der Waals surface area contributed by atoms with Gasteiger partial charge in [0.25, 0.3) is 5.91 Å². The highest BCUT2D eigenvalue weighted by atomic mass is 16.5. The third kappa shape index (κ3) is 3.89. The van der Waals surface area contributed by atoms with Crippen molar-refractivity contribution in [3.05, 3.63) is 48.0 Å². The molecule has 5 nitrogen and oxygen atoms in total. The van der Waals surface area contributed by atoms with Crippen molar-refractivity contribution < 1.29 is 14.3 Å². The molecular formula is C16H18N2O3. The molecule has 0 heterocycles. The number of aryl methyl sites for hydroxylation is 1. The normalized spacial score (nSPS) is 10.0. The van der Waals surface area contributed by atoms with E-state index >= 15 is 0 Å². The van der Waals surface area contributed by atoms with Gasteiger partial charge in [-0.2, -0.15) is 0 Å². The van der Waals surface area contributed by atoms with Crippen molar-refractivity contribution in [2.24, 2.45) is 0 Å². The number of nitrogen functional groups attached to an aromatic ring is 1. The summed E-state index contributed by atoms with van der Waals surface area (Å²) in [5.74, 6) is 0.927. The van der Waals surface area contributed by atoms with E-state index in [0.29, 0.717) is 22.9 Å². The number of benzene rings is 2. The summed E-state index contributed by atoms with van der Waals surface area (Å²) in [7, 11) is 1.57. The van der Waals surface area contributed by atoms with Gasteiger partial charge < -0.3 is 20.5 Å². The summed E-state index contributed by atoms with van der Waals surface area (Å²) >= 11 is 0. The third-order valence-electron chi connectivity index (χ3n) is 3.00. The van der Waals surface area contributed by atoms with Crippen LogP contribution in [-0.4, -0.2) is 19.6 Å². The monoisotopic (exact) mass is 286 g/mol. The number of ether oxygens (including phenoxy) is 2. The van der Waals surface area contributed by atoms with Crippen molar-refractivity contribution in [1.82, 2.24) is 0 Å². The van der Waals surface area contributed by atoms with E-state index in [0.717, 1.165) is 5.56 Å². The fourth-order valence-corrected chi connectivity index (χ4v) is 1.82. The van der Waals surface area contributed by atoms with Crippen LogP contribution >= 0.6 is 0 Å². The topological polar surface area (TPSA) is 73.6 Å². The number of amides is 1. The molecule has 5 heteroatoms. The molecule has 0 aliphatic carbocycles. The number of methoxy groups -OCH3 is 1. The number of nitrogens with two attached hydrogens (primary N) is 1. The maximum atomic E-state index is 11.9. The molecule has 0 bridgehead atoms. The molecule has 3 N–H and O–H groups in total. The quantitative estimate of drug-likeness (QED) is 0.829. The summed E-state index contributed by atoms with van der Waals surface area (Å²) in [6, 6.07) is 12.6. The zero-order valence-corrected chi connectivity index (χ0v) is 12.1. The van der Waals surface area contributed by atoms with Crippen LogP contribution in [0.4, 0.5) is 11.4 Å². The highest BCUT2D eigenvalue weighted by Crippen LogP contribution is 2.24. The van der Waals surface area contributed by atoms with E-state index in [2.05, 4.69) is 5.32 Å². The Labute approximate surface area is 123 Å². The van der Waals surface area contributed by atoms with Crippen LogP contribution in [-0.2, 0) is 4.79 Å². The van der Waals surface area contributed by atoms with Gasteiger partial charge in [-0.05, 0) is 30.7 Å². The van der Waals surface area contributed by atoms with Gasteiger partial charge in [0.2, 0.25) is 0 Å². The fraction of sp³-hybridized carbons (Fsp3) is 0.188. The van der Waals surface area contributed by atoms with E-state index in [-0.39, 0.29) is 12.5 Å². The fourth-order valence-electron chi connectivity index (χ4n) is 1.82. The number of anilines is 2. The van der Waals surface area contributed by atoms with Gasteiger partial charge >= 0.3 is 0 Å². The molecule has 1 amide bonds. The largest absolute Gasteiger partial charge is 0.497 e. The van der Waals surface area contributed by atoms with Gasteiger partial charge in [-0.15, -0.1) is 0 Å². The lowest BCUT2D eigenvalue weighted by Crippen LogP contribution is -2.20. The molecule has 0 radical (unpaired) electrons. The van der Waals surface area contributed by atoms with Crippen molar-refractivity contribution in [3.63, 3.8) is 0 Å². The standard InChI is InChI=1S/C16H18N2O3/c1-11-5-3-8-14(16(11)17)21-10-15(19)18-12-6-4-7-13(9-12)20-2/h3-9H,10,17H2,1-2H3,(H,18,19). The number of hydrogen-bond donors (Lipinski definition) is 2. The SMILES string of the molecule is COc1cccc(NC(=O)COc2cccc(C)c2N)c1. The Morgan fingerprint density at radius 2 is 2.00 bits per heavy atom. The molecule has 0 atom stereocenters. The average molecular weight is 286 g/mol. The molecule has 110 valence electrons. The highest BCUT2D eigenvalue weighted by Gasteiger charge is 2.07. The van der Waals surface area contributed by atoms with Gasteiger partial charge in [0.05, 0.1) is 12.8 Å². The molecule has 0 saturated carbocycles. The summed E-state index contributed by atoms with van der Waals surface area (Å²) in [6.07, 6.45) is 0. The molecule has 0 saturated heterocycles. The van der Waals surface area contributed by atoms with Crippen LogP contribution in [0.15, 0.2) is 42.5 Å². The first kappa shape index (κ1) is 14.7. The summed E-state index contributed by atoms with van der Waals surface area (Å²) in [6.45, 7) is 1.78. The predicted molar refractivity (Wildman–Crippen MR) is 82.7 cm³/mol. The maximum absolute atomic E-state index is 11.9. The van der Waals surface area contributed by atoms with Crippen molar-refractivity contribution in [3.8, 4) is 11.5 Å². The van der Waals surface area contributed by atoms with E-state index in [9.17, 15) is 4.79 Å². The number of nitrogens with one attached hydrogen (secondary N) is 1. The van der Waals surface area contributed by atoms with Crippen LogP contribution in [0.5, 0.6) is 11.5 Å². The predicted octanol–water partition coefficient (Wildman–Crippen LogP) is 2.60. The third-order valence-corrected chi connectivity index (χ3v) is 3.00. The van der Waals surface area contributed by atoms with E-state index in [1.165, 1.54) is 0 Å². The first-order valence-corrected chi connectivity index (χ1v) is 6.52. The average Bonchev–Trinajstić information content (AvgIpc) is 2.49. The zero-order chi connectivity index (χ0) is 15.2. The number of para-hydroxylation sites is 1. The minimum absolute atomic E-state index is 0.106. The lowest BCUT2D eigenvalue weighted by atomic mass is 10.2. The van der Waals surface area contributed by atoms with Crippen molar-refractivity contribution in [1.29, 1.82) is 0 Å². The summed E-state index contributed by atoms with van der Waals surface area (Å²) < 4.78 is 10.5. The van der Waals surface area contributed by atoms with Crippen molar-refractivity contribution >= 4 is 17.3 Å². The number of hydrogen-bond acceptors (Lipinski definition) is 4. The van der Waals surface area contributed by atoms with Crippen LogP contribution < -0.4 is 20.5 Å². The van der Waals surface area contributed by atoms with Crippen LogP contribution in [0.3, 0.4) is 0 Å². The summed E-state index contributed by atoms with van der Waals surface area (Å²) in [5.41, 5.74) is 8.00. The molecule has 0 aromatic heterocycles. The van der Waals surface area contributed by atoms with Gasteiger partial charge in [-0.3, -0.25) is 4.79 Å². The Morgan fingerprint density at radius 1 is 1.24 bits per heavy atom. The zero-order valence-electron chi connectivity index (χ0n) is 12.1. The number of rotatable bonds is 5. The van der Waals surface area contributed by atoms with E-state index in [4.69, 9.17) is 15.2 Å². The van der Waals surface area contributed by atoms with Gasteiger partial charge in [0.1, 0.15) is 11.5 Å². The highest BCUT2D eigenvalue weighted by molar-refractivity contribution is 5.92. The number of carbonyl (C=O) groups excluding carboxylic acids is 1. The van der Waals surface area contributed by atoms with Crippen molar-refractivity contribution in [2.75, 3.05) is 24.8 Å². The molecule has 0 unspecified atom stereocenters. The van der Waals surface area contributed by atoms with Crippen LogP contribution in [0, 0.1) is 6.92 Å². The second-order valence-electron chi connectivity index (χ2n) is 4.56.